The summed E-state index contributed by atoms with van der Waals surface area (Å²) in [6.45, 7) is 3.02. The SMILES string of the molecule is Cc1ccc(/C(=C/C2=NCCS2)Nc2ccc(Br)cc2)cc1. The van der Waals surface area contributed by atoms with E-state index in [0.29, 0.717) is 0 Å². The summed E-state index contributed by atoms with van der Waals surface area (Å²) in [4.78, 5) is 4.53. The van der Waals surface area contributed by atoms with Crippen molar-refractivity contribution < 1.29 is 0 Å². The second kappa shape index (κ2) is 7.16. The molecule has 2 aromatic rings. The van der Waals surface area contributed by atoms with Crippen LogP contribution in [-0.4, -0.2) is 17.3 Å². The first kappa shape index (κ1) is 15.4. The molecular weight excluding hydrogens is 356 g/mol. The molecule has 0 bridgehead atoms. The summed E-state index contributed by atoms with van der Waals surface area (Å²) in [5.74, 6) is 1.07. The van der Waals surface area contributed by atoms with E-state index < -0.39 is 0 Å². The van der Waals surface area contributed by atoms with Crippen LogP contribution in [0.15, 0.2) is 64.1 Å². The van der Waals surface area contributed by atoms with Crippen LogP contribution in [0.2, 0.25) is 0 Å². The van der Waals surface area contributed by atoms with Crippen molar-refractivity contribution in [3.05, 3.63) is 70.2 Å². The number of anilines is 1. The maximum absolute atomic E-state index is 4.53. The summed E-state index contributed by atoms with van der Waals surface area (Å²) < 4.78 is 1.08. The molecule has 0 unspecified atom stereocenters. The molecule has 2 nitrogen and oxygen atoms in total. The highest BCUT2D eigenvalue weighted by atomic mass is 79.9. The lowest BCUT2D eigenvalue weighted by Gasteiger charge is -2.12. The van der Waals surface area contributed by atoms with Crippen molar-refractivity contribution >= 4 is 44.1 Å². The maximum atomic E-state index is 4.53. The van der Waals surface area contributed by atoms with Crippen molar-refractivity contribution in [2.24, 2.45) is 4.99 Å². The van der Waals surface area contributed by atoms with Gasteiger partial charge in [0.15, 0.2) is 0 Å². The van der Waals surface area contributed by atoms with Crippen molar-refractivity contribution in [3.8, 4) is 0 Å². The molecule has 1 N–H and O–H groups in total. The van der Waals surface area contributed by atoms with E-state index in [1.54, 1.807) is 0 Å². The normalized spacial score (nSPS) is 14.8. The number of halogens is 1. The van der Waals surface area contributed by atoms with Crippen LogP contribution in [0.1, 0.15) is 11.1 Å². The Balaban J connectivity index is 1.91. The minimum atomic E-state index is 0.913. The molecule has 3 rings (SSSR count). The lowest BCUT2D eigenvalue weighted by Crippen LogP contribution is -2.01. The zero-order chi connectivity index (χ0) is 15.4. The number of aliphatic imine (C=N–C) groups is 1. The van der Waals surface area contributed by atoms with Gasteiger partial charge >= 0.3 is 0 Å². The molecule has 0 aromatic heterocycles. The number of aryl methyl sites for hydroxylation is 1. The summed E-state index contributed by atoms with van der Waals surface area (Å²) in [5, 5.41) is 4.61. The van der Waals surface area contributed by atoms with Crippen LogP contribution >= 0.6 is 27.7 Å². The number of nitrogens with zero attached hydrogens (tertiary/aromatic N) is 1. The van der Waals surface area contributed by atoms with E-state index in [9.17, 15) is 0 Å². The molecule has 0 aliphatic carbocycles. The predicted octanol–water partition coefficient (Wildman–Crippen LogP) is 5.36. The molecule has 0 fully saturated rings. The third kappa shape index (κ3) is 4.02. The summed E-state index contributed by atoms with van der Waals surface area (Å²) in [5.41, 5.74) is 4.58. The second-order valence-electron chi connectivity index (χ2n) is 5.12. The highest BCUT2D eigenvalue weighted by Crippen LogP contribution is 2.23. The fraction of sp³-hybridized carbons (Fsp3) is 0.167. The molecule has 0 atom stereocenters. The molecule has 1 aliphatic rings. The monoisotopic (exact) mass is 372 g/mol. The molecule has 112 valence electrons. The fourth-order valence-corrected chi connectivity index (χ4v) is 3.22. The first-order valence-corrected chi connectivity index (χ1v) is 8.97. The predicted molar refractivity (Wildman–Crippen MR) is 102 cm³/mol. The van der Waals surface area contributed by atoms with Crippen molar-refractivity contribution in [1.29, 1.82) is 0 Å². The Labute approximate surface area is 143 Å². The van der Waals surface area contributed by atoms with Crippen LogP contribution in [0.25, 0.3) is 5.70 Å². The molecule has 0 saturated carbocycles. The standard InChI is InChI=1S/C18H17BrN2S/c1-13-2-4-14(5-3-13)17(12-18-20-10-11-22-18)21-16-8-6-15(19)7-9-16/h2-9,12,21H,10-11H2,1H3/b17-12-. The van der Waals surface area contributed by atoms with Crippen molar-refractivity contribution in [2.45, 2.75) is 6.92 Å². The molecule has 0 spiro atoms. The van der Waals surface area contributed by atoms with Crippen LogP contribution < -0.4 is 5.32 Å². The lowest BCUT2D eigenvalue weighted by atomic mass is 10.1. The summed E-state index contributed by atoms with van der Waals surface area (Å²) in [7, 11) is 0. The molecule has 0 amide bonds. The molecule has 2 aromatic carbocycles. The van der Waals surface area contributed by atoms with Gasteiger partial charge in [0.1, 0.15) is 0 Å². The Morgan fingerprint density at radius 1 is 1.14 bits per heavy atom. The van der Waals surface area contributed by atoms with Gasteiger partial charge < -0.3 is 5.32 Å². The van der Waals surface area contributed by atoms with E-state index in [4.69, 9.17) is 0 Å². The molecular formula is C18H17BrN2S. The number of hydrogen-bond acceptors (Lipinski definition) is 3. The van der Waals surface area contributed by atoms with Crippen molar-refractivity contribution in [1.82, 2.24) is 0 Å². The van der Waals surface area contributed by atoms with Gasteiger partial charge in [-0.2, -0.15) is 0 Å². The lowest BCUT2D eigenvalue weighted by molar-refractivity contribution is 1.18. The van der Waals surface area contributed by atoms with Gasteiger partial charge in [0, 0.05) is 28.2 Å². The third-order valence-electron chi connectivity index (χ3n) is 3.36. The van der Waals surface area contributed by atoms with Crippen LogP contribution in [0.5, 0.6) is 0 Å². The molecule has 1 aliphatic heterocycles. The molecule has 1 heterocycles. The van der Waals surface area contributed by atoms with Crippen LogP contribution in [0.4, 0.5) is 5.69 Å². The minimum absolute atomic E-state index is 0.913. The molecule has 22 heavy (non-hydrogen) atoms. The Kier molecular flexibility index (Phi) is 5.01. The van der Waals surface area contributed by atoms with Crippen molar-refractivity contribution in [3.63, 3.8) is 0 Å². The van der Waals surface area contributed by atoms with Gasteiger partial charge in [-0.05, 0) is 42.8 Å². The zero-order valence-electron chi connectivity index (χ0n) is 12.3. The van der Waals surface area contributed by atoms with Crippen LogP contribution in [0, 0.1) is 6.92 Å². The Hall–Kier alpha value is -1.52. The van der Waals surface area contributed by atoms with Gasteiger partial charge in [-0.15, -0.1) is 11.8 Å². The van der Waals surface area contributed by atoms with E-state index in [-0.39, 0.29) is 0 Å². The topological polar surface area (TPSA) is 24.4 Å². The Bertz CT molecular complexity index is 703. The van der Waals surface area contributed by atoms with E-state index in [1.165, 1.54) is 11.1 Å². The quantitative estimate of drug-likeness (QED) is 0.781. The van der Waals surface area contributed by atoms with Gasteiger partial charge in [-0.3, -0.25) is 4.99 Å². The van der Waals surface area contributed by atoms with Gasteiger partial charge in [0.25, 0.3) is 0 Å². The zero-order valence-corrected chi connectivity index (χ0v) is 14.7. The number of thioether (sulfide) groups is 1. The largest absolute Gasteiger partial charge is 0.355 e. The van der Waals surface area contributed by atoms with Gasteiger partial charge in [-0.25, -0.2) is 0 Å². The first-order valence-electron chi connectivity index (χ1n) is 7.19. The highest BCUT2D eigenvalue weighted by Gasteiger charge is 2.08. The summed E-state index contributed by atoms with van der Waals surface area (Å²) in [6, 6.07) is 16.8. The van der Waals surface area contributed by atoms with Gasteiger partial charge in [-0.1, -0.05) is 45.8 Å². The molecule has 4 heteroatoms. The second-order valence-corrected chi connectivity index (χ2v) is 7.16. The fourth-order valence-electron chi connectivity index (χ4n) is 2.18. The first-order chi connectivity index (χ1) is 10.7. The Morgan fingerprint density at radius 2 is 1.86 bits per heavy atom. The molecule has 0 radical (unpaired) electrons. The Morgan fingerprint density at radius 3 is 2.50 bits per heavy atom. The molecule has 0 saturated heterocycles. The van der Waals surface area contributed by atoms with Gasteiger partial charge in [0.2, 0.25) is 0 Å². The van der Waals surface area contributed by atoms with Crippen molar-refractivity contribution in [2.75, 3.05) is 17.6 Å². The van der Waals surface area contributed by atoms with E-state index in [0.717, 1.165) is 33.2 Å². The third-order valence-corrected chi connectivity index (χ3v) is 4.82. The maximum Gasteiger partial charge on any atom is 0.0926 e. The van der Waals surface area contributed by atoms with Crippen LogP contribution in [-0.2, 0) is 0 Å². The number of hydrogen-bond donors (Lipinski definition) is 1. The summed E-state index contributed by atoms with van der Waals surface area (Å²) >= 11 is 5.28. The average molecular weight is 373 g/mol. The number of nitrogens with one attached hydrogen (secondary N) is 1. The van der Waals surface area contributed by atoms with E-state index in [1.807, 2.05) is 23.9 Å². The van der Waals surface area contributed by atoms with E-state index >= 15 is 0 Å². The average Bonchev–Trinajstić information content (AvgIpc) is 3.03. The van der Waals surface area contributed by atoms with Crippen LogP contribution in [0.3, 0.4) is 0 Å². The summed E-state index contributed by atoms with van der Waals surface area (Å²) in [6.07, 6.45) is 2.14. The number of benzene rings is 2. The van der Waals surface area contributed by atoms with Gasteiger partial charge in [0.05, 0.1) is 5.04 Å². The number of rotatable bonds is 4. The smallest absolute Gasteiger partial charge is 0.0926 e. The van der Waals surface area contributed by atoms with E-state index in [2.05, 4.69) is 75.6 Å². The highest BCUT2D eigenvalue weighted by molar-refractivity contribution is 9.10. The minimum Gasteiger partial charge on any atom is -0.355 e.